The molecule has 0 saturated carbocycles. The number of carbonyl (C=O) groups excluding carboxylic acids is 2. The van der Waals surface area contributed by atoms with Gasteiger partial charge in [0.15, 0.2) is 0 Å². The fourth-order valence-corrected chi connectivity index (χ4v) is 3.88. The van der Waals surface area contributed by atoms with E-state index in [-0.39, 0.29) is 11.8 Å². The zero-order valence-electron chi connectivity index (χ0n) is 15.7. The van der Waals surface area contributed by atoms with E-state index in [4.69, 9.17) is 5.21 Å². The van der Waals surface area contributed by atoms with Gasteiger partial charge in [0, 0.05) is 12.3 Å². The summed E-state index contributed by atoms with van der Waals surface area (Å²) in [6.07, 6.45) is 1.61. The summed E-state index contributed by atoms with van der Waals surface area (Å²) >= 11 is 0. The molecule has 2 amide bonds. The van der Waals surface area contributed by atoms with Crippen LogP contribution in [0.2, 0.25) is 0 Å². The largest absolute Gasteiger partial charge is 0.390 e. The second-order valence-electron chi connectivity index (χ2n) is 7.56. The molecule has 0 fully saturated rings. The van der Waals surface area contributed by atoms with Gasteiger partial charge >= 0.3 is 0 Å². The van der Waals surface area contributed by atoms with E-state index in [9.17, 15) is 14.7 Å². The first-order chi connectivity index (χ1) is 12.4. The summed E-state index contributed by atoms with van der Waals surface area (Å²) in [6.45, 7) is 5.94. The van der Waals surface area contributed by atoms with Crippen molar-refractivity contribution in [3.05, 3.63) is 35.4 Å². The fraction of sp³-hybridized carbons (Fsp3) is 0.600. The number of nitrogens with one attached hydrogen (secondary N) is 2. The number of amides is 2. The van der Waals surface area contributed by atoms with Crippen LogP contribution in [0.15, 0.2) is 24.3 Å². The number of hydrogen-bond donors (Lipinski definition) is 4. The second kappa shape index (κ2) is 9.14. The van der Waals surface area contributed by atoms with Crippen molar-refractivity contribution in [3.8, 4) is 0 Å². The van der Waals surface area contributed by atoms with Crippen LogP contribution in [0.1, 0.15) is 57.2 Å². The lowest BCUT2D eigenvalue weighted by Crippen LogP contribution is -2.44. The van der Waals surface area contributed by atoms with Gasteiger partial charge in [-0.3, -0.25) is 14.8 Å². The lowest BCUT2D eigenvalue weighted by atomic mass is 9.81. The van der Waals surface area contributed by atoms with Crippen molar-refractivity contribution >= 4 is 11.8 Å². The van der Waals surface area contributed by atoms with Crippen molar-refractivity contribution in [2.24, 2.45) is 17.8 Å². The smallest absolute Gasteiger partial charge is 0.247 e. The molecule has 0 aromatic heterocycles. The Labute approximate surface area is 155 Å². The van der Waals surface area contributed by atoms with Gasteiger partial charge in [0.25, 0.3) is 0 Å². The Morgan fingerprint density at radius 1 is 1.19 bits per heavy atom. The molecule has 6 nitrogen and oxygen atoms in total. The lowest BCUT2D eigenvalue weighted by Gasteiger charge is -2.28. The molecular weight excluding hydrogens is 332 g/mol. The molecular formula is C20H30N2O4. The number of hydroxylamine groups is 1. The van der Waals surface area contributed by atoms with Crippen LogP contribution >= 0.6 is 0 Å². The van der Waals surface area contributed by atoms with Gasteiger partial charge in [-0.25, -0.2) is 5.48 Å². The van der Waals surface area contributed by atoms with Gasteiger partial charge in [-0.2, -0.15) is 0 Å². The number of rotatable bonds is 8. The molecule has 0 radical (unpaired) electrons. The van der Waals surface area contributed by atoms with Crippen molar-refractivity contribution in [1.82, 2.24) is 10.8 Å². The van der Waals surface area contributed by atoms with Crippen LogP contribution in [0.3, 0.4) is 0 Å². The molecule has 0 saturated heterocycles. The Bertz CT molecular complexity index is 632. The van der Waals surface area contributed by atoms with Crippen LogP contribution in [0.25, 0.3) is 0 Å². The zero-order valence-corrected chi connectivity index (χ0v) is 15.7. The molecule has 1 aromatic carbocycles. The highest BCUT2D eigenvalue weighted by Gasteiger charge is 2.37. The van der Waals surface area contributed by atoms with Gasteiger partial charge in [0.2, 0.25) is 11.8 Å². The molecule has 1 aliphatic carbocycles. The maximum atomic E-state index is 13.0. The SMILES string of the molecule is CCC[C@H](C(=O)NO)[C@@H](CC(C)C)C(=O)N[C@H]1c2ccccc2C[C@H]1O. The normalized spacial score (nSPS) is 21.2. The number of hydrogen-bond acceptors (Lipinski definition) is 4. The number of fused-ring (bicyclic) bond motifs is 1. The quantitative estimate of drug-likeness (QED) is 0.421. The average Bonchev–Trinajstić information content (AvgIpc) is 2.92. The molecule has 4 N–H and O–H groups in total. The van der Waals surface area contributed by atoms with Crippen molar-refractivity contribution in [2.45, 2.75) is 58.6 Å². The molecule has 0 heterocycles. The molecule has 1 aromatic rings. The van der Waals surface area contributed by atoms with E-state index in [1.165, 1.54) is 0 Å². The van der Waals surface area contributed by atoms with E-state index in [2.05, 4.69) is 5.32 Å². The number of aliphatic hydroxyl groups is 1. The molecule has 2 rings (SSSR count). The summed E-state index contributed by atoms with van der Waals surface area (Å²) < 4.78 is 0. The topological polar surface area (TPSA) is 98.7 Å². The van der Waals surface area contributed by atoms with Crippen molar-refractivity contribution in [3.63, 3.8) is 0 Å². The van der Waals surface area contributed by atoms with Gasteiger partial charge in [-0.1, -0.05) is 51.5 Å². The summed E-state index contributed by atoms with van der Waals surface area (Å²) in [4.78, 5) is 25.2. The molecule has 144 valence electrons. The summed E-state index contributed by atoms with van der Waals surface area (Å²) in [7, 11) is 0. The lowest BCUT2D eigenvalue weighted by molar-refractivity contribution is -0.141. The Morgan fingerprint density at radius 3 is 2.50 bits per heavy atom. The summed E-state index contributed by atoms with van der Waals surface area (Å²) in [6, 6.07) is 7.21. The van der Waals surface area contributed by atoms with Crippen LogP contribution in [0, 0.1) is 17.8 Å². The Morgan fingerprint density at radius 2 is 1.88 bits per heavy atom. The molecule has 4 atom stereocenters. The van der Waals surface area contributed by atoms with Crippen LogP contribution in [-0.2, 0) is 16.0 Å². The standard InChI is InChI=1S/C20H30N2O4/c1-4-7-15(20(25)22-26)16(10-12(2)3)19(24)21-18-14-9-6-5-8-13(14)11-17(18)23/h5-6,8-9,12,15-18,23,26H,4,7,10-11H2,1-3H3,(H,21,24)(H,22,25)/t15-,16+,17+,18-/m0/s1. The first kappa shape index (κ1) is 20.4. The van der Waals surface area contributed by atoms with Gasteiger partial charge in [0.1, 0.15) is 0 Å². The summed E-state index contributed by atoms with van der Waals surface area (Å²) in [5, 5.41) is 22.4. The molecule has 0 bridgehead atoms. The molecule has 0 aliphatic heterocycles. The van der Waals surface area contributed by atoms with E-state index in [0.29, 0.717) is 19.3 Å². The maximum Gasteiger partial charge on any atom is 0.247 e. The maximum absolute atomic E-state index is 13.0. The predicted molar refractivity (Wildman–Crippen MR) is 98.3 cm³/mol. The van der Waals surface area contributed by atoms with Crippen molar-refractivity contribution in [1.29, 1.82) is 0 Å². The highest BCUT2D eigenvalue weighted by atomic mass is 16.5. The van der Waals surface area contributed by atoms with E-state index in [1.54, 1.807) is 5.48 Å². The number of benzene rings is 1. The molecule has 26 heavy (non-hydrogen) atoms. The predicted octanol–water partition coefficient (Wildman–Crippen LogP) is 2.34. The van der Waals surface area contributed by atoms with Gasteiger partial charge < -0.3 is 10.4 Å². The Hall–Kier alpha value is -1.92. The number of carbonyl (C=O) groups is 2. The van der Waals surface area contributed by atoms with E-state index in [0.717, 1.165) is 17.5 Å². The zero-order chi connectivity index (χ0) is 19.3. The van der Waals surface area contributed by atoms with Crippen LogP contribution in [0.5, 0.6) is 0 Å². The summed E-state index contributed by atoms with van der Waals surface area (Å²) in [5.74, 6) is -1.71. The first-order valence-corrected chi connectivity index (χ1v) is 9.39. The van der Waals surface area contributed by atoms with Crippen LogP contribution < -0.4 is 10.8 Å². The van der Waals surface area contributed by atoms with E-state index < -0.39 is 29.9 Å². The third-order valence-electron chi connectivity index (χ3n) is 5.10. The highest BCUT2D eigenvalue weighted by molar-refractivity contribution is 5.87. The molecule has 1 aliphatic rings. The minimum atomic E-state index is -0.674. The van der Waals surface area contributed by atoms with Crippen LogP contribution in [-0.4, -0.2) is 28.2 Å². The molecule has 0 spiro atoms. The Balaban J connectivity index is 2.22. The van der Waals surface area contributed by atoms with E-state index >= 15 is 0 Å². The van der Waals surface area contributed by atoms with Crippen molar-refractivity contribution < 1.29 is 19.9 Å². The molecule has 6 heteroatoms. The average molecular weight is 362 g/mol. The Kier molecular flexibility index (Phi) is 7.17. The minimum Gasteiger partial charge on any atom is -0.390 e. The van der Waals surface area contributed by atoms with Crippen molar-refractivity contribution in [2.75, 3.05) is 0 Å². The third kappa shape index (κ3) is 4.62. The second-order valence-corrected chi connectivity index (χ2v) is 7.56. The van der Waals surface area contributed by atoms with Gasteiger partial charge in [-0.15, -0.1) is 0 Å². The first-order valence-electron chi connectivity index (χ1n) is 9.39. The van der Waals surface area contributed by atoms with Gasteiger partial charge in [0.05, 0.1) is 18.1 Å². The monoisotopic (exact) mass is 362 g/mol. The fourth-order valence-electron chi connectivity index (χ4n) is 3.88. The minimum absolute atomic E-state index is 0.220. The third-order valence-corrected chi connectivity index (χ3v) is 5.10. The van der Waals surface area contributed by atoms with Crippen LogP contribution in [0.4, 0.5) is 0 Å². The molecule has 0 unspecified atom stereocenters. The van der Waals surface area contributed by atoms with Gasteiger partial charge in [-0.05, 0) is 29.9 Å². The summed E-state index contributed by atoms with van der Waals surface area (Å²) in [5.41, 5.74) is 3.67. The van der Waals surface area contributed by atoms with E-state index in [1.807, 2.05) is 45.0 Å². The highest BCUT2D eigenvalue weighted by Crippen LogP contribution is 2.33. The number of aliphatic hydroxyl groups excluding tert-OH is 1.